The smallest absolute Gasteiger partial charge is 0.333 e. The van der Waals surface area contributed by atoms with Crippen molar-refractivity contribution >= 4 is 47.8 Å². The van der Waals surface area contributed by atoms with Gasteiger partial charge in [-0.05, 0) is 109 Å². The fourth-order valence-electron chi connectivity index (χ4n) is 4.54. The topological polar surface area (TPSA) is 83.5 Å². The van der Waals surface area contributed by atoms with Crippen LogP contribution < -0.4 is 18.5 Å². The molecule has 0 aliphatic heterocycles. The van der Waals surface area contributed by atoms with Crippen LogP contribution in [0.3, 0.4) is 0 Å². The SMILES string of the molecule is C=C(C)C(=O)OCCOc1ccc(OP(=S)(Cc2ccc(OC(CSc3ccccc3)CSc3ccccc3)cc2)Oc2ccc(O)cc2)cc1. The highest BCUT2D eigenvalue weighted by atomic mass is 32.5. The second kappa shape index (κ2) is 19.3. The molecule has 1 unspecified atom stereocenters. The van der Waals surface area contributed by atoms with Gasteiger partial charge in [-0.2, -0.15) is 0 Å². The Kier molecular flexibility index (Phi) is 14.4. The van der Waals surface area contributed by atoms with Crippen LogP contribution in [0, 0.1) is 0 Å². The largest absolute Gasteiger partial charge is 0.508 e. The summed E-state index contributed by atoms with van der Waals surface area (Å²) in [6.07, 6.45) is 0.309. The highest BCUT2D eigenvalue weighted by Gasteiger charge is 2.24. The predicted octanol–water partition coefficient (Wildman–Crippen LogP) is 10.2. The van der Waals surface area contributed by atoms with Gasteiger partial charge in [-0.3, -0.25) is 0 Å². The van der Waals surface area contributed by atoms with Crippen LogP contribution in [0.5, 0.6) is 28.7 Å². The van der Waals surface area contributed by atoms with E-state index in [0.717, 1.165) is 22.8 Å². The van der Waals surface area contributed by atoms with E-state index in [-0.39, 0.29) is 25.1 Å². The highest BCUT2D eigenvalue weighted by Crippen LogP contribution is 2.52. The van der Waals surface area contributed by atoms with E-state index in [1.54, 1.807) is 79.0 Å². The van der Waals surface area contributed by atoms with E-state index in [1.807, 2.05) is 60.7 Å². The Morgan fingerprint density at radius 3 is 1.73 bits per heavy atom. The molecule has 0 aromatic heterocycles. The lowest BCUT2D eigenvalue weighted by Crippen LogP contribution is -2.22. The molecule has 264 valence electrons. The molecule has 0 saturated carbocycles. The summed E-state index contributed by atoms with van der Waals surface area (Å²) >= 11 is 9.65. The summed E-state index contributed by atoms with van der Waals surface area (Å²) in [5.74, 6) is 3.64. The van der Waals surface area contributed by atoms with Gasteiger partial charge < -0.3 is 28.4 Å². The van der Waals surface area contributed by atoms with Crippen LogP contribution in [0.1, 0.15) is 12.5 Å². The van der Waals surface area contributed by atoms with Crippen molar-refractivity contribution in [2.75, 3.05) is 24.7 Å². The van der Waals surface area contributed by atoms with Crippen LogP contribution >= 0.6 is 30.0 Å². The molecule has 5 rings (SSSR count). The standard InChI is InChI=1S/C40H39O7PS3/c1-30(2)40(42)44-26-25-43-33-21-23-36(24-22-33)47-48(49,46-35-19-15-32(41)16-20-35)27-31-13-17-34(18-14-31)45-37(28-50-38-9-5-3-6-10-38)29-51-39-11-7-4-8-12-39/h3-24,37,41H,1,25-29H2,2H3. The Morgan fingerprint density at radius 1 is 0.706 bits per heavy atom. The first-order valence-electron chi connectivity index (χ1n) is 16.2. The molecule has 11 heteroatoms. The number of carbonyl (C=O) groups excluding carboxylic acids is 1. The van der Waals surface area contributed by atoms with Crippen molar-refractivity contribution in [1.29, 1.82) is 0 Å². The average molecular weight is 759 g/mol. The number of aromatic hydroxyl groups is 1. The molecule has 0 fully saturated rings. The Morgan fingerprint density at radius 2 is 1.20 bits per heavy atom. The number of benzene rings is 5. The maximum atomic E-state index is 11.6. The summed E-state index contributed by atoms with van der Waals surface area (Å²) in [5, 5.41) is 9.79. The quantitative estimate of drug-likeness (QED) is 0.0289. The van der Waals surface area contributed by atoms with Gasteiger partial charge in [0.05, 0.1) is 6.16 Å². The van der Waals surface area contributed by atoms with Crippen molar-refractivity contribution in [3.05, 3.63) is 151 Å². The molecular formula is C40H39O7PS3. The van der Waals surface area contributed by atoms with Crippen molar-refractivity contribution in [3.63, 3.8) is 0 Å². The van der Waals surface area contributed by atoms with E-state index in [0.29, 0.717) is 29.0 Å². The average Bonchev–Trinajstić information content (AvgIpc) is 3.14. The molecule has 0 heterocycles. The molecule has 51 heavy (non-hydrogen) atoms. The van der Waals surface area contributed by atoms with Crippen LogP contribution in [0.15, 0.2) is 155 Å². The van der Waals surface area contributed by atoms with Gasteiger partial charge in [0, 0.05) is 26.9 Å². The molecule has 5 aromatic rings. The molecule has 0 aliphatic carbocycles. The molecule has 1 atom stereocenters. The van der Waals surface area contributed by atoms with E-state index < -0.39 is 12.5 Å². The number of phenolic OH excluding ortho intramolecular Hbond substituents is 1. The number of phenols is 1. The lowest BCUT2D eigenvalue weighted by atomic mass is 10.2. The van der Waals surface area contributed by atoms with Crippen molar-refractivity contribution in [2.24, 2.45) is 0 Å². The minimum absolute atomic E-state index is 0.0312. The van der Waals surface area contributed by atoms with Crippen molar-refractivity contribution in [1.82, 2.24) is 0 Å². The van der Waals surface area contributed by atoms with Gasteiger partial charge in [0.2, 0.25) is 0 Å². The van der Waals surface area contributed by atoms with E-state index in [9.17, 15) is 9.90 Å². The van der Waals surface area contributed by atoms with E-state index >= 15 is 0 Å². The van der Waals surface area contributed by atoms with Crippen LogP contribution in [0.2, 0.25) is 0 Å². The summed E-state index contributed by atoms with van der Waals surface area (Å²) in [6, 6.07) is 42.0. The minimum atomic E-state index is -3.00. The molecule has 0 saturated heterocycles. The van der Waals surface area contributed by atoms with Crippen molar-refractivity contribution in [3.8, 4) is 28.7 Å². The number of hydrogen-bond acceptors (Lipinski definition) is 10. The molecule has 1 N–H and O–H groups in total. The second-order valence-electron chi connectivity index (χ2n) is 11.3. The van der Waals surface area contributed by atoms with Gasteiger partial charge in [-0.25, -0.2) is 4.79 Å². The zero-order valence-corrected chi connectivity index (χ0v) is 31.4. The van der Waals surface area contributed by atoms with Gasteiger partial charge in [0.1, 0.15) is 48.1 Å². The normalized spacial score (nSPS) is 12.0. The molecule has 0 spiro atoms. The van der Waals surface area contributed by atoms with Gasteiger partial charge in [0.25, 0.3) is 6.49 Å². The summed E-state index contributed by atoms with van der Waals surface area (Å²) in [5.41, 5.74) is 1.27. The van der Waals surface area contributed by atoms with Gasteiger partial charge in [-0.15, -0.1) is 23.5 Å². The first kappa shape index (κ1) is 37.9. The fourth-order valence-corrected chi connectivity index (χ4v) is 9.19. The third-order valence-electron chi connectivity index (χ3n) is 7.04. The summed E-state index contributed by atoms with van der Waals surface area (Å²) in [6.45, 7) is 2.46. The summed E-state index contributed by atoms with van der Waals surface area (Å²) in [4.78, 5) is 14.0. The highest BCUT2D eigenvalue weighted by molar-refractivity contribution is 8.09. The van der Waals surface area contributed by atoms with Crippen LogP contribution in [0.4, 0.5) is 0 Å². The lowest BCUT2D eigenvalue weighted by Gasteiger charge is -2.24. The molecule has 5 aromatic carbocycles. The molecule has 0 amide bonds. The summed E-state index contributed by atoms with van der Waals surface area (Å²) in [7, 11) is 0. The predicted molar refractivity (Wildman–Crippen MR) is 210 cm³/mol. The number of hydrogen-bond donors (Lipinski definition) is 1. The Hall–Kier alpha value is -4.34. The van der Waals surface area contributed by atoms with Gasteiger partial charge in [0.15, 0.2) is 0 Å². The lowest BCUT2D eigenvalue weighted by molar-refractivity contribution is -0.139. The minimum Gasteiger partial charge on any atom is -0.508 e. The Bertz CT molecular complexity index is 1830. The van der Waals surface area contributed by atoms with E-state index in [4.69, 9.17) is 35.1 Å². The first-order valence-corrected chi connectivity index (χ1v) is 21.0. The summed E-state index contributed by atoms with van der Waals surface area (Å²) < 4.78 is 30.0. The number of thioether (sulfide) groups is 2. The third-order valence-corrected chi connectivity index (χ3v) is 11.9. The molecule has 7 nitrogen and oxygen atoms in total. The Labute approximate surface area is 313 Å². The monoisotopic (exact) mass is 758 g/mol. The fraction of sp³-hybridized carbons (Fsp3) is 0.175. The maximum absolute atomic E-state index is 11.6. The Balaban J connectivity index is 1.24. The molecular weight excluding hydrogens is 720 g/mol. The maximum Gasteiger partial charge on any atom is 0.333 e. The van der Waals surface area contributed by atoms with Gasteiger partial charge in [-0.1, -0.05) is 55.1 Å². The van der Waals surface area contributed by atoms with Crippen LogP contribution in [-0.2, 0) is 27.5 Å². The van der Waals surface area contributed by atoms with Gasteiger partial charge >= 0.3 is 5.97 Å². The first-order chi connectivity index (χ1) is 24.7. The molecule has 0 radical (unpaired) electrons. The van der Waals surface area contributed by atoms with Crippen molar-refractivity contribution < 1.29 is 33.2 Å². The third kappa shape index (κ3) is 13.1. The van der Waals surface area contributed by atoms with Crippen molar-refractivity contribution in [2.45, 2.75) is 29.0 Å². The van der Waals surface area contributed by atoms with Crippen LogP contribution in [0.25, 0.3) is 0 Å². The second-order valence-corrected chi connectivity index (χ2v) is 17.1. The van der Waals surface area contributed by atoms with E-state index in [2.05, 4.69) is 30.8 Å². The number of carbonyl (C=O) groups is 1. The van der Waals surface area contributed by atoms with E-state index in [1.165, 1.54) is 9.79 Å². The zero-order valence-electron chi connectivity index (χ0n) is 28.1. The molecule has 0 aliphatic rings. The number of rotatable bonds is 19. The van der Waals surface area contributed by atoms with Crippen LogP contribution in [-0.4, -0.2) is 41.9 Å². The molecule has 0 bridgehead atoms. The number of ether oxygens (including phenoxy) is 3. The zero-order chi connectivity index (χ0) is 35.9. The number of esters is 1.